The second kappa shape index (κ2) is 5.04. The van der Waals surface area contributed by atoms with Crippen LogP contribution in [0.15, 0.2) is 24.3 Å². The van der Waals surface area contributed by atoms with Crippen molar-refractivity contribution in [1.82, 2.24) is 0 Å². The lowest BCUT2D eigenvalue weighted by atomic mass is 10.0. The molecule has 0 radical (unpaired) electrons. The maximum atomic E-state index is 12.8. The maximum absolute atomic E-state index is 12.8. The summed E-state index contributed by atoms with van der Waals surface area (Å²) in [6.07, 6.45) is -4.39. The molecular formula is C12H11F5O. The second-order valence-electron chi connectivity index (χ2n) is 3.85. The van der Waals surface area contributed by atoms with E-state index in [0.717, 1.165) is 24.1 Å². The highest BCUT2D eigenvalue weighted by molar-refractivity contribution is 6.01. The SMILES string of the molecule is CCCc1ccc(C(=O)C(F)(F)C(F)(F)F)cc1. The molecule has 0 amide bonds. The Balaban J connectivity index is 2.98. The molecule has 100 valence electrons. The Morgan fingerprint density at radius 1 is 1.06 bits per heavy atom. The van der Waals surface area contributed by atoms with Crippen LogP contribution in [0.2, 0.25) is 0 Å². The van der Waals surface area contributed by atoms with Crippen molar-refractivity contribution in [2.75, 3.05) is 0 Å². The summed E-state index contributed by atoms with van der Waals surface area (Å²) in [5.74, 6) is -7.57. The van der Waals surface area contributed by atoms with Gasteiger partial charge in [-0.2, -0.15) is 22.0 Å². The molecule has 1 nitrogen and oxygen atoms in total. The molecule has 0 saturated heterocycles. The first-order valence-corrected chi connectivity index (χ1v) is 5.28. The number of hydrogen-bond donors (Lipinski definition) is 0. The number of ketones is 1. The predicted molar refractivity (Wildman–Crippen MR) is 55.8 cm³/mol. The number of carbonyl (C=O) groups excluding carboxylic acids is 1. The van der Waals surface area contributed by atoms with E-state index in [1.807, 2.05) is 6.92 Å². The van der Waals surface area contributed by atoms with Crippen LogP contribution in [0.5, 0.6) is 0 Å². The fraction of sp³-hybridized carbons (Fsp3) is 0.417. The van der Waals surface area contributed by atoms with E-state index in [1.165, 1.54) is 12.1 Å². The lowest BCUT2D eigenvalue weighted by molar-refractivity contribution is -0.255. The van der Waals surface area contributed by atoms with Crippen molar-refractivity contribution >= 4 is 5.78 Å². The number of halogens is 5. The fourth-order valence-electron chi connectivity index (χ4n) is 1.42. The van der Waals surface area contributed by atoms with Crippen LogP contribution < -0.4 is 0 Å². The van der Waals surface area contributed by atoms with Crippen LogP contribution in [0.3, 0.4) is 0 Å². The van der Waals surface area contributed by atoms with E-state index in [2.05, 4.69) is 0 Å². The maximum Gasteiger partial charge on any atom is 0.461 e. The van der Waals surface area contributed by atoms with Crippen molar-refractivity contribution in [2.24, 2.45) is 0 Å². The van der Waals surface area contributed by atoms with Gasteiger partial charge in [0.15, 0.2) is 0 Å². The van der Waals surface area contributed by atoms with Gasteiger partial charge < -0.3 is 0 Å². The van der Waals surface area contributed by atoms with E-state index in [0.29, 0.717) is 6.42 Å². The molecule has 1 aromatic carbocycles. The number of aryl methyl sites for hydroxylation is 1. The standard InChI is InChI=1S/C12H11F5O/c1-2-3-8-4-6-9(7-5-8)10(18)11(13,14)12(15,16)17/h4-7H,2-3H2,1H3. The molecule has 0 fully saturated rings. The third-order valence-electron chi connectivity index (χ3n) is 2.40. The van der Waals surface area contributed by atoms with Gasteiger partial charge in [0.2, 0.25) is 5.78 Å². The minimum Gasteiger partial charge on any atom is -0.287 e. The van der Waals surface area contributed by atoms with Gasteiger partial charge in [-0.25, -0.2) is 0 Å². The van der Waals surface area contributed by atoms with Crippen molar-refractivity contribution in [1.29, 1.82) is 0 Å². The summed E-state index contributed by atoms with van der Waals surface area (Å²) < 4.78 is 61.6. The van der Waals surface area contributed by atoms with Gasteiger partial charge in [-0.3, -0.25) is 4.79 Å². The van der Waals surface area contributed by atoms with E-state index in [9.17, 15) is 26.7 Å². The fourth-order valence-corrected chi connectivity index (χ4v) is 1.42. The minimum absolute atomic E-state index is 0.642. The first-order valence-electron chi connectivity index (χ1n) is 5.28. The van der Waals surface area contributed by atoms with E-state index >= 15 is 0 Å². The average Bonchev–Trinajstić information content (AvgIpc) is 2.28. The topological polar surface area (TPSA) is 17.1 Å². The normalized spacial score (nSPS) is 12.6. The number of alkyl halides is 5. The minimum atomic E-state index is -5.87. The first kappa shape index (κ1) is 14.6. The molecule has 0 unspecified atom stereocenters. The summed E-state index contributed by atoms with van der Waals surface area (Å²) in [6.45, 7) is 1.90. The molecule has 0 spiro atoms. The van der Waals surface area contributed by atoms with Crippen LogP contribution in [0.1, 0.15) is 29.3 Å². The molecule has 0 saturated carbocycles. The summed E-state index contributed by atoms with van der Waals surface area (Å²) in [4.78, 5) is 11.1. The Hall–Kier alpha value is -1.46. The van der Waals surface area contributed by atoms with E-state index in [4.69, 9.17) is 0 Å². The smallest absolute Gasteiger partial charge is 0.287 e. The largest absolute Gasteiger partial charge is 0.461 e. The molecule has 0 N–H and O–H groups in total. The van der Waals surface area contributed by atoms with Crippen LogP contribution in [0.4, 0.5) is 22.0 Å². The van der Waals surface area contributed by atoms with Gasteiger partial charge >= 0.3 is 12.1 Å². The predicted octanol–water partition coefficient (Wildman–Crippen LogP) is 4.02. The molecule has 1 aromatic rings. The number of benzene rings is 1. The van der Waals surface area contributed by atoms with Crippen molar-refractivity contribution in [3.8, 4) is 0 Å². The average molecular weight is 266 g/mol. The molecule has 1 rings (SSSR count). The number of carbonyl (C=O) groups is 1. The van der Waals surface area contributed by atoms with Gasteiger partial charge in [0, 0.05) is 5.56 Å². The van der Waals surface area contributed by atoms with Crippen LogP contribution >= 0.6 is 0 Å². The molecule has 6 heteroatoms. The quantitative estimate of drug-likeness (QED) is 0.594. The Bertz CT molecular complexity index is 419. The molecule has 0 bridgehead atoms. The van der Waals surface area contributed by atoms with Gasteiger partial charge in [-0.15, -0.1) is 0 Å². The van der Waals surface area contributed by atoms with Crippen molar-refractivity contribution in [3.05, 3.63) is 35.4 Å². The van der Waals surface area contributed by atoms with Gasteiger partial charge in [0.05, 0.1) is 0 Å². The zero-order valence-corrected chi connectivity index (χ0v) is 9.52. The van der Waals surface area contributed by atoms with Crippen molar-refractivity contribution in [2.45, 2.75) is 31.9 Å². The Kier molecular flexibility index (Phi) is 4.09. The Labute approximate surface area is 101 Å². The highest BCUT2D eigenvalue weighted by Gasteiger charge is 2.63. The summed E-state index contributed by atoms with van der Waals surface area (Å²) in [5.41, 5.74) is 0.140. The lowest BCUT2D eigenvalue weighted by Gasteiger charge is -2.18. The number of Topliss-reactive ketones (excluding diaryl/α,β-unsaturated/α-hetero) is 1. The summed E-state index contributed by atoms with van der Waals surface area (Å²) >= 11 is 0. The van der Waals surface area contributed by atoms with Crippen LogP contribution in [0, 0.1) is 0 Å². The molecule has 18 heavy (non-hydrogen) atoms. The highest BCUT2D eigenvalue weighted by atomic mass is 19.4. The summed E-state index contributed by atoms with van der Waals surface area (Å²) in [7, 11) is 0. The molecule has 0 aliphatic carbocycles. The third-order valence-corrected chi connectivity index (χ3v) is 2.40. The summed E-state index contributed by atoms with van der Waals surface area (Å²) in [5, 5.41) is 0. The molecule has 0 aromatic heterocycles. The molecule has 0 aliphatic heterocycles. The van der Waals surface area contributed by atoms with Crippen molar-refractivity contribution in [3.63, 3.8) is 0 Å². The van der Waals surface area contributed by atoms with E-state index in [-0.39, 0.29) is 0 Å². The summed E-state index contributed by atoms with van der Waals surface area (Å²) in [6, 6.07) is 4.74. The second-order valence-corrected chi connectivity index (χ2v) is 3.85. The molecule has 0 atom stereocenters. The molecular weight excluding hydrogens is 255 g/mol. The first-order chi connectivity index (χ1) is 8.20. The Morgan fingerprint density at radius 3 is 1.94 bits per heavy atom. The third kappa shape index (κ3) is 2.86. The van der Waals surface area contributed by atoms with Crippen LogP contribution in [0.25, 0.3) is 0 Å². The number of rotatable bonds is 4. The highest BCUT2D eigenvalue weighted by Crippen LogP contribution is 2.37. The zero-order valence-electron chi connectivity index (χ0n) is 9.52. The van der Waals surface area contributed by atoms with Gasteiger partial charge in [0.1, 0.15) is 0 Å². The van der Waals surface area contributed by atoms with Gasteiger partial charge in [0.25, 0.3) is 0 Å². The van der Waals surface area contributed by atoms with E-state index < -0.39 is 23.4 Å². The number of hydrogen-bond acceptors (Lipinski definition) is 1. The van der Waals surface area contributed by atoms with Crippen LogP contribution in [-0.2, 0) is 6.42 Å². The van der Waals surface area contributed by atoms with Gasteiger partial charge in [-0.05, 0) is 12.0 Å². The van der Waals surface area contributed by atoms with Gasteiger partial charge in [-0.1, -0.05) is 37.6 Å². The van der Waals surface area contributed by atoms with E-state index in [1.54, 1.807) is 0 Å². The van der Waals surface area contributed by atoms with Crippen LogP contribution in [-0.4, -0.2) is 17.9 Å². The Morgan fingerprint density at radius 2 is 1.56 bits per heavy atom. The lowest BCUT2D eigenvalue weighted by Crippen LogP contribution is -2.44. The molecule has 0 heterocycles. The van der Waals surface area contributed by atoms with Crippen molar-refractivity contribution < 1.29 is 26.7 Å². The monoisotopic (exact) mass is 266 g/mol. The molecule has 0 aliphatic rings. The zero-order chi connectivity index (χ0) is 14.0.